The van der Waals surface area contributed by atoms with Crippen molar-refractivity contribution < 1.29 is 9.53 Å². The second-order valence-electron chi connectivity index (χ2n) is 2.99. The maximum atomic E-state index is 11.0. The van der Waals surface area contributed by atoms with Gasteiger partial charge in [0, 0.05) is 20.1 Å². The molecule has 0 spiro atoms. The topological polar surface area (TPSA) is 38.3 Å². The number of carbonyl (C=O) groups excluding carboxylic acids is 1. The number of rotatable bonds is 5. The van der Waals surface area contributed by atoms with Crippen LogP contribution in [0.1, 0.15) is 19.3 Å². The third-order valence-corrected chi connectivity index (χ3v) is 1.80. The van der Waals surface area contributed by atoms with Crippen molar-refractivity contribution in [3.63, 3.8) is 0 Å². The van der Waals surface area contributed by atoms with E-state index in [1.807, 2.05) is 0 Å². The lowest BCUT2D eigenvalue weighted by molar-refractivity contribution is -0.121. The molecule has 0 bridgehead atoms. The highest BCUT2D eigenvalue weighted by Gasteiger charge is 2.23. The predicted molar refractivity (Wildman–Crippen MR) is 42.2 cm³/mol. The molecule has 3 heteroatoms. The molecule has 0 aromatic rings. The number of carbonyl (C=O) groups is 1. The van der Waals surface area contributed by atoms with E-state index in [-0.39, 0.29) is 5.91 Å². The molecule has 1 amide bonds. The van der Waals surface area contributed by atoms with E-state index in [0.29, 0.717) is 25.5 Å². The van der Waals surface area contributed by atoms with Gasteiger partial charge >= 0.3 is 0 Å². The zero-order chi connectivity index (χ0) is 8.10. The average molecular weight is 157 g/mol. The van der Waals surface area contributed by atoms with Crippen LogP contribution in [0.4, 0.5) is 0 Å². The summed E-state index contributed by atoms with van der Waals surface area (Å²) < 4.78 is 4.80. The maximum Gasteiger partial charge on any atom is 0.220 e. The quantitative estimate of drug-likeness (QED) is 0.592. The van der Waals surface area contributed by atoms with Crippen LogP contribution in [-0.4, -0.2) is 26.2 Å². The normalized spacial score (nSPS) is 16.5. The molecule has 0 atom stereocenters. The summed E-state index contributed by atoms with van der Waals surface area (Å²) in [4.78, 5) is 11.0. The Morgan fingerprint density at radius 3 is 2.91 bits per heavy atom. The van der Waals surface area contributed by atoms with E-state index in [1.54, 1.807) is 7.11 Å². The predicted octanol–water partition coefficient (Wildman–Crippen LogP) is 0.549. The summed E-state index contributed by atoms with van der Waals surface area (Å²) in [6.45, 7) is 1.25. The summed E-state index contributed by atoms with van der Waals surface area (Å²) in [5, 5.41) is 2.79. The van der Waals surface area contributed by atoms with Crippen LogP contribution in [0, 0.1) is 5.92 Å². The second-order valence-corrected chi connectivity index (χ2v) is 2.99. The Kier molecular flexibility index (Phi) is 3.36. The van der Waals surface area contributed by atoms with E-state index in [9.17, 15) is 4.79 Å². The van der Waals surface area contributed by atoms with Crippen LogP contribution >= 0.6 is 0 Å². The Hall–Kier alpha value is -0.570. The van der Waals surface area contributed by atoms with E-state index in [2.05, 4.69) is 5.32 Å². The molecule has 1 N–H and O–H groups in total. The van der Waals surface area contributed by atoms with Gasteiger partial charge in [-0.1, -0.05) is 0 Å². The van der Waals surface area contributed by atoms with Crippen molar-refractivity contribution in [2.24, 2.45) is 5.92 Å². The molecule has 0 heterocycles. The average Bonchev–Trinajstić information content (AvgIpc) is 2.72. The first-order chi connectivity index (χ1) is 5.33. The lowest BCUT2D eigenvalue weighted by Crippen LogP contribution is -2.26. The summed E-state index contributed by atoms with van der Waals surface area (Å²) in [5.41, 5.74) is 0. The minimum atomic E-state index is 0.171. The van der Waals surface area contributed by atoms with Gasteiger partial charge in [-0.25, -0.2) is 0 Å². The van der Waals surface area contributed by atoms with Crippen LogP contribution in [0.3, 0.4) is 0 Å². The van der Waals surface area contributed by atoms with Gasteiger partial charge < -0.3 is 10.1 Å². The number of methoxy groups -OCH3 is 1. The van der Waals surface area contributed by atoms with Gasteiger partial charge in [0.25, 0.3) is 0 Å². The van der Waals surface area contributed by atoms with Crippen molar-refractivity contribution >= 4 is 5.91 Å². The van der Waals surface area contributed by atoms with Gasteiger partial charge in [0.05, 0.1) is 6.61 Å². The third kappa shape index (κ3) is 3.98. The number of amides is 1. The molecule has 0 saturated heterocycles. The standard InChI is InChI=1S/C8H15NO2/c1-11-5-4-9-8(10)6-7-2-3-7/h7H,2-6H2,1H3,(H,9,10). The Bertz CT molecular complexity index is 132. The Labute approximate surface area is 67.1 Å². The molecule has 1 rings (SSSR count). The second kappa shape index (κ2) is 4.34. The Balaban J connectivity index is 1.92. The zero-order valence-corrected chi connectivity index (χ0v) is 6.93. The Morgan fingerprint density at radius 2 is 2.36 bits per heavy atom. The fraction of sp³-hybridized carbons (Fsp3) is 0.875. The van der Waals surface area contributed by atoms with E-state index < -0.39 is 0 Å². The van der Waals surface area contributed by atoms with E-state index in [0.717, 1.165) is 0 Å². The van der Waals surface area contributed by atoms with Crippen LogP contribution in [-0.2, 0) is 9.53 Å². The van der Waals surface area contributed by atoms with E-state index in [4.69, 9.17) is 4.74 Å². The fourth-order valence-corrected chi connectivity index (χ4v) is 0.949. The maximum absolute atomic E-state index is 11.0. The summed E-state index contributed by atoms with van der Waals surface area (Å²) >= 11 is 0. The molecule has 64 valence electrons. The lowest BCUT2D eigenvalue weighted by atomic mass is 10.3. The van der Waals surface area contributed by atoms with Gasteiger partial charge in [-0.05, 0) is 18.8 Å². The van der Waals surface area contributed by atoms with Crippen molar-refractivity contribution in [2.75, 3.05) is 20.3 Å². The highest BCUT2D eigenvalue weighted by Crippen LogP contribution is 2.31. The highest BCUT2D eigenvalue weighted by molar-refractivity contribution is 5.76. The van der Waals surface area contributed by atoms with Crippen LogP contribution in [0.25, 0.3) is 0 Å². The molecule has 0 aromatic heterocycles. The van der Waals surface area contributed by atoms with Crippen LogP contribution in [0.5, 0.6) is 0 Å². The number of hydrogen-bond acceptors (Lipinski definition) is 2. The molecule has 1 aliphatic carbocycles. The van der Waals surface area contributed by atoms with E-state index >= 15 is 0 Å². The summed E-state index contributed by atoms with van der Waals surface area (Å²) in [7, 11) is 1.63. The largest absolute Gasteiger partial charge is 0.383 e. The molecular formula is C8H15NO2. The minimum absolute atomic E-state index is 0.171. The van der Waals surface area contributed by atoms with Gasteiger partial charge in [-0.3, -0.25) is 4.79 Å². The molecule has 0 unspecified atom stereocenters. The van der Waals surface area contributed by atoms with Gasteiger partial charge in [-0.2, -0.15) is 0 Å². The summed E-state index contributed by atoms with van der Waals surface area (Å²) in [5.74, 6) is 0.849. The smallest absolute Gasteiger partial charge is 0.220 e. The van der Waals surface area contributed by atoms with Crippen molar-refractivity contribution in [1.29, 1.82) is 0 Å². The monoisotopic (exact) mass is 157 g/mol. The molecule has 0 aliphatic heterocycles. The zero-order valence-electron chi connectivity index (χ0n) is 6.93. The number of nitrogens with one attached hydrogen (secondary N) is 1. The molecule has 3 nitrogen and oxygen atoms in total. The first-order valence-corrected chi connectivity index (χ1v) is 4.08. The van der Waals surface area contributed by atoms with Crippen molar-refractivity contribution in [1.82, 2.24) is 5.32 Å². The highest BCUT2D eigenvalue weighted by atomic mass is 16.5. The van der Waals surface area contributed by atoms with E-state index in [1.165, 1.54) is 12.8 Å². The first-order valence-electron chi connectivity index (χ1n) is 4.08. The molecule has 11 heavy (non-hydrogen) atoms. The molecule has 1 fully saturated rings. The van der Waals surface area contributed by atoms with Crippen LogP contribution in [0.2, 0.25) is 0 Å². The number of hydrogen-bond donors (Lipinski definition) is 1. The molecule has 1 saturated carbocycles. The Morgan fingerprint density at radius 1 is 1.64 bits per heavy atom. The first kappa shape index (κ1) is 8.53. The van der Waals surface area contributed by atoms with Crippen LogP contribution in [0.15, 0.2) is 0 Å². The van der Waals surface area contributed by atoms with Gasteiger partial charge in [-0.15, -0.1) is 0 Å². The summed E-state index contributed by atoms with van der Waals surface area (Å²) in [6, 6.07) is 0. The van der Waals surface area contributed by atoms with Gasteiger partial charge in [0.2, 0.25) is 5.91 Å². The SMILES string of the molecule is COCCNC(=O)CC1CC1. The molecule has 0 aromatic carbocycles. The number of ether oxygens (including phenoxy) is 1. The fourth-order valence-electron chi connectivity index (χ4n) is 0.949. The molecule has 1 aliphatic rings. The van der Waals surface area contributed by atoms with Gasteiger partial charge in [0.15, 0.2) is 0 Å². The third-order valence-electron chi connectivity index (χ3n) is 1.80. The van der Waals surface area contributed by atoms with Crippen LogP contribution < -0.4 is 5.32 Å². The molecule has 0 radical (unpaired) electrons. The van der Waals surface area contributed by atoms with Crippen molar-refractivity contribution in [2.45, 2.75) is 19.3 Å². The minimum Gasteiger partial charge on any atom is -0.383 e. The van der Waals surface area contributed by atoms with Crippen molar-refractivity contribution in [3.05, 3.63) is 0 Å². The van der Waals surface area contributed by atoms with Gasteiger partial charge in [0.1, 0.15) is 0 Å². The summed E-state index contributed by atoms with van der Waals surface area (Å²) in [6.07, 6.45) is 3.18. The van der Waals surface area contributed by atoms with Crippen molar-refractivity contribution in [3.8, 4) is 0 Å². The lowest BCUT2D eigenvalue weighted by Gasteiger charge is -2.02. The molecular weight excluding hydrogens is 142 g/mol.